The van der Waals surface area contributed by atoms with Gasteiger partial charge < -0.3 is 5.32 Å². The Hall–Kier alpha value is -2.44. The highest BCUT2D eigenvalue weighted by Crippen LogP contribution is 2.21. The van der Waals surface area contributed by atoms with Crippen molar-refractivity contribution in [3.05, 3.63) is 36.0 Å². The van der Waals surface area contributed by atoms with Gasteiger partial charge in [-0.05, 0) is 18.9 Å². The van der Waals surface area contributed by atoms with E-state index in [2.05, 4.69) is 25.7 Å². The molecule has 0 bridgehead atoms. The number of carbonyl (C=O) groups excluding carboxylic acids is 1. The first-order valence-electron chi connectivity index (χ1n) is 6.81. The van der Waals surface area contributed by atoms with E-state index in [1.807, 2.05) is 27.1 Å². The van der Waals surface area contributed by atoms with E-state index in [0.717, 1.165) is 5.56 Å². The summed E-state index contributed by atoms with van der Waals surface area (Å²) in [5.74, 6) is 1.33. The van der Waals surface area contributed by atoms with Gasteiger partial charge in [0.1, 0.15) is 11.6 Å². The lowest BCUT2D eigenvalue weighted by Gasteiger charge is -2.21. The molecule has 7 heteroatoms. The number of anilines is 1. The summed E-state index contributed by atoms with van der Waals surface area (Å²) in [6.07, 6.45) is 5.28. The third-order valence-electron chi connectivity index (χ3n) is 3.05. The highest BCUT2D eigenvalue weighted by Gasteiger charge is 2.19. The molecule has 2 amide bonds. The molecule has 0 fully saturated rings. The highest BCUT2D eigenvalue weighted by molar-refractivity contribution is 5.88. The number of nitrogens with one attached hydrogen (secondary N) is 2. The van der Waals surface area contributed by atoms with Gasteiger partial charge in [-0.25, -0.2) is 14.8 Å². The molecule has 2 N–H and O–H groups in total. The van der Waals surface area contributed by atoms with E-state index < -0.39 is 0 Å². The highest BCUT2D eigenvalue weighted by atomic mass is 16.2. The van der Waals surface area contributed by atoms with Gasteiger partial charge in [0, 0.05) is 25.0 Å². The second-order valence-electron chi connectivity index (χ2n) is 5.26. The van der Waals surface area contributed by atoms with Crippen LogP contribution in [0.25, 0.3) is 0 Å². The summed E-state index contributed by atoms with van der Waals surface area (Å²) < 4.78 is 1.72. The molecule has 2 heterocycles. The quantitative estimate of drug-likeness (QED) is 0.901. The number of nitrogens with zero attached hydrogens (tertiary/aromatic N) is 4. The maximum atomic E-state index is 12.1. The molecule has 1 unspecified atom stereocenters. The molecule has 7 nitrogen and oxygen atoms in total. The maximum absolute atomic E-state index is 12.1. The van der Waals surface area contributed by atoms with E-state index in [1.165, 1.54) is 0 Å². The van der Waals surface area contributed by atoms with Gasteiger partial charge in [-0.1, -0.05) is 13.8 Å². The second-order valence-corrected chi connectivity index (χ2v) is 5.26. The molecule has 21 heavy (non-hydrogen) atoms. The van der Waals surface area contributed by atoms with Crippen molar-refractivity contribution >= 4 is 11.8 Å². The van der Waals surface area contributed by atoms with Crippen LogP contribution in [-0.2, 0) is 7.05 Å². The van der Waals surface area contributed by atoms with Gasteiger partial charge in [-0.15, -0.1) is 0 Å². The van der Waals surface area contributed by atoms with Crippen LogP contribution in [0.15, 0.2) is 24.7 Å². The smallest absolute Gasteiger partial charge is 0.320 e. The average Bonchev–Trinajstić information content (AvgIpc) is 2.82. The summed E-state index contributed by atoms with van der Waals surface area (Å²) >= 11 is 0. The maximum Gasteiger partial charge on any atom is 0.320 e. The number of aromatic nitrogens is 4. The summed E-state index contributed by atoms with van der Waals surface area (Å²) in [5, 5.41) is 9.81. The van der Waals surface area contributed by atoms with Crippen molar-refractivity contribution in [2.75, 3.05) is 5.32 Å². The molecule has 2 rings (SSSR count). The third kappa shape index (κ3) is 4.01. The minimum atomic E-state index is -0.296. The predicted molar refractivity (Wildman–Crippen MR) is 79.7 cm³/mol. The fourth-order valence-corrected chi connectivity index (χ4v) is 2.06. The molecule has 0 saturated heterocycles. The summed E-state index contributed by atoms with van der Waals surface area (Å²) in [6.45, 7) is 5.87. The Balaban J connectivity index is 2.05. The molecule has 2 aromatic heterocycles. The molecule has 1 atom stereocenters. The van der Waals surface area contributed by atoms with Crippen molar-refractivity contribution < 1.29 is 4.79 Å². The van der Waals surface area contributed by atoms with Crippen LogP contribution >= 0.6 is 0 Å². The van der Waals surface area contributed by atoms with Crippen molar-refractivity contribution in [2.24, 2.45) is 13.0 Å². The van der Waals surface area contributed by atoms with Gasteiger partial charge in [-0.2, -0.15) is 5.10 Å². The number of aryl methyl sites for hydroxylation is 2. The molecular weight excluding hydrogens is 268 g/mol. The number of hydrogen-bond donors (Lipinski definition) is 2. The number of rotatable bonds is 4. The van der Waals surface area contributed by atoms with Gasteiger partial charge in [0.15, 0.2) is 0 Å². The Kier molecular flexibility index (Phi) is 4.52. The van der Waals surface area contributed by atoms with E-state index >= 15 is 0 Å². The standard InChI is InChI=1S/C14H20N6O/c1-9(2)13(11-7-16-20(4)8-11)19-14(21)18-12-5-6-15-10(3)17-12/h5-9,13H,1-4H3,(H2,15,17,18,19,21). The van der Waals surface area contributed by atoms with E-state index in [4.69, 9.17) is 0 Å². The van der Waals surface area contributed by atoms with Crippen LogP contribution in [0.5, 0.6) is 0 Å². The van der Waals surface area contributed by atoms with Crippen LogP contribution in [0.1, 0.15) is 31.3 Å². The minimum absolute atomic E-state index is 0.110. The van der Waals surface area contributed by atoms with E-state index in [1.54, 1.807) is 30.1 Å². The third-order valence-corrected chi connectivity index (χ3v) is 3.05. The van der Waals surface area contributed by atoms with Crippen molar-refractivity contribution in [3.63, 3.8) is 0 Å². The lowest BCUT2D eigenvalue weighted by molar-refractivity contribution is 0.244. The number of amides is 2. The SMILES string of the molecule is Cc1nccc(NC(=O)NC(c2cnn(C)c2)C(C)C)n1. The van der Waals surface area contributed by atoms with E-state index in [9.17, 15) is 4.79 Å². The van der Waals surface area contributed by atoms with Gasteiger partial charge in [0.05, 0.1) is 12.2 Å². The Morgan fingerprint density at radius 2 is 2.14 bits per heavy atom. The zero-order valence-corrected chi connectivity index (χ0v) is 12.7. The van der Waals surface area contributed by atoms with Crippen LogP contribution in [0.3, 0.4) is 0 Å². The summed E-state index contributed by atoms with van der Waals surface area (Å²) in [6, 6.07) is 1.25. The Morgan fingerprint density at radius 1 is 1.38 bits per heavy atom. The van der Waals surface area contributed by atoms with Crippen molar-refractivity contribution in [3.8, 4) is 0 Å². The second kappa shape index (κ2) is 6.34. The fraction of sp³-hybridized carbons (Fsp3) is 0.429. The topological polar surface area (TPSA) is 84.7 Å². The van der Waals surface area contributed by atoms with Crippen LogP contribution in [0.2, 0.25) is 0 Å². The van der Waals surface area contributed by atoms with E-state index in [-0.39, 0.29) is 18.0 Å². The first kappa shape index (κ1) is 15.0. The van der Waals surface area contributed by atoms with Crippen LogP contribution in [0.4, 0.5) is 10.6 Å². The molecule has 0 aromatic carbocycles. The van der Waals surface area contributed by atoms with Crippen LogP contribution < -0.4 is 10.6 Å². The van der Waals surface area contributed by atoms with Gasteiger partial charge in [-0.3, -0.25) is 10.00 Å². The minimum Gasteiger partial charge on any atom is -0.331 e. The largest absolute Gasteiger partial charge is 0.331 e. The lowest BCUT2D eigenvalue weighted by atomic mass is 9.99. The first-order valence-corrected chi connectivity index (χ1v) is 6.81. The number of urea groups is 1. The first-order chi connectivity index (χ1) is 9.95. The molecule has 0 radical (unpaired) electrons. The summed E-state index contributed by atoms with van der Waals surface area (Å²) in [4.78, 5) is 20.2. The van der Waals surface area contributed by atoms with Crippen molar-refractivity contribution in [2.45, 2.75) is 26.8 Å². The van der Waals surface area contributed by atoms with Crippen molar-refractivity contribution in [1.29, 1.82) is 0 Å². The average molecular weight is 288 g/mol. The molecule has 0 aliphatic carbocycles. The summed E-state index contributed by atoms with van der Waals surface area (Å²) in [7, 11) is 1.85. The molecule has 0 aliphatic rings. The zero-order chi connectivity index (χ0) is 15.4. The normalized spacial score (nSPS) is 12.2. The van der Waals surface area contributed by atoms with Crippen molar-refractivity contribution in [1.82, 2.24) is 25.1 Å². The number of hydrogen-bond acceptors (Lipinski definition) is 4. The Morgan fingerprint density at radius 3 is 2.71 bits per heavy atom. The fourth-order valence-electron chi connectivity index (χ4n) is 2.06. The molecule has 0 aliphatic heterocycles. The van der Waals surface area contributed by atoms with Gasteiger partial charge in [0.2, 0.25) is 0 Å². The molecular formula is C14H20N6O. The molecule has 112 valence electrons. The summed E-state index contributed by atoms with van der Waals surface area (Å²) in [5.41, 5.74) is 0.974. The van der Waals surface area contributed by atoms with Gasteiger partial charge >= 0.3 is 6.03 Å². The number of carbonyl (C=O) groups is 1. The predicted octanol–water partition coefficient (Wildman–Crippen LogP) is 2.04. The molecule has 0 saturated carbocycles. The molecule has 2 aromatic rings. The lowest BCUT2D eigenvalue weighted by Crippen LogP contribution is -2.35. The van der Waals surface area contributed by atoms with Crippen LogP contribution in [0, 0.1) is 12.8 Å². The zero-order valence-electron chi connectivity index (χ0n) is 12.7. The van der Waals surface area contributed by atoms with Gasteiger partial charge in [0.25, 0.3) is 0 Å². The molecule has 0 spiro atoms. The van der Waals surface area contributed by atoms with E-state index in [0.29, 0.717) is 11.6 Å². The Bertz CT molecular complexity index is 621. The van der Waals surface area contributed by atoms with Crippen LogP contribution in [-0.4, -0.2) is 25.8 Å². The Labute approximate surface area is 123 Å². The monoisotopic (exact) mass is 288 g/mol.